The van der Waals surface area contributed by atoms with Crippen LogP contribution in [0, 0.1) is 0 Å². The van der Waals surface area contributed by atoms with E-state index < -0.39 is 12.0 Å². The van der Waals surface area contributed by atoms with Gasteiger partial charge in [0.25, 0.3) is 0 Å². The molecule has 1 unspecified atom stereocenters. The van der Waals surface area contributed by atoms with Crippen LogP contribution >= 0.6 is 12.4 Å². The third kappa shape index (κ3) is 6.21. The monoisotopic (exact) mass is 362 g/mol. The highest BCUT2D eigenvalue weighted by atomic mass is 35.5. The number of rotatable bonds is 6. The fourth-order valence-corrected chi connectivity index (χ4v) is 2.25. The number of carbonyl (C=O) groups excluding carboxylic acids is 2. The number of esters is 1. The Morgan fingerprint density at radius 3 is 2.36 bits per heavy atom. The Hall–Kier alpha value is -2.37. The molecule has 0 aromatic heterocycles. The van der Waals surface area contributed by atoms with Gasteiger partial charge in [-0.1, -0.05) is 42.5 Å². The van der Waals surface area contributed by atoms with Crippen LogP contribution in [0.3, 0.4) is 0 Å². The first kappa shape index (κ1) is 20.7. The molecule has 0 aliphatic carbocycles. The molecular weight excluding hydrogens is 340 g/mol. The summed E-state index contributed by atoms with van der Waals surface area (Å²) in [6, 6.07) is 16.1. The van der Waals surface area contributed by atoms with Gasteiger partial charge in [-0.2, -0.15) is 0 Å². The molecule has 2 N–H and O–H groups in total. The van der Waals surface area contributed by atoms with Crippen molar-refractivity contribution in [3.05, 3.63) is 65.7 Å². The number of amides is 1. The van der Waals surface area contributed by atoms with Crippen LogP contribution in [0.2, 0.25) is 0 Å². The largest absolute Gasteiger partial charge is 0.460 e. The number of hydrogen-bond acceptors (Lipinski definition) is 4. The van der Waals surface area contributed by atoms with E-state index in [-0.39, 0.29) is 24.9 Å². The van der Waals surface area contributed by atoms with Crippen LogP contribution in [0.4, 0.5) is 5.69 Å². The summed E-state index contributed by atoms with van der Waals surface area (Å²) in [6.45, 7) is 1.71. The van der Waals surface area contributed by atoms with E-state index in [0.717, 1.165) is 16.8 Å². The van der Waals surface area contributed by atoms with Gasteiger partial charge in [0.05, 0.1) is 0 Å². The predicted molar refractivity (Wildman–Crippen MR) is 101 cm³/mol. The van der Waals surface area contributed by atoms with Crippen LogP contribution in [0.25, 0.3) is 0 Å². The van der Waals surface area contributed by atoms with Gasteiger partial charge in [-0.3, -0.25) is 9.59 Å². The van der Waals surface area contributed by atoms with Crippen molar-refractivity contribution < 1.29 is 14.3 Å². The number of hydrogen-bond donors (Lipinski definition) is 1. The zero-order chi connectivity index (χ0) is 17.5. The van der Waals surface area contributed by atoms with Gasteiger partial charge in [0.15, 0.2) is 0 Å². The lowest BCUT2D eigenvalue weighted by Crippen LogP contribution is -2.34. The normalized spacial score (nSPS) is 11.2. The van der Waals surface area contributed by atoms with Crippen molar-refractivity contribution in [1.29, 1.82) is 0 Å². The lowest BCUT2D eigenvalue weighted by atomic mass is 10.1. The van der Waals surface area contributed by atoms with Gasteiger partial charge in [-0.15, -0.1) is 12.4 Å². The molecule has 0 heterocycles. The van der Waals surface area contributed by atoms with Crippen LogP contribution in [-0.2, 0) is 27.4 Å². The second-order valence-corrected chi connectivity index (χ2v) is 5.65. The van der Waals surface area contributed by atoms with E-state index in [9.17, 15) is 9.59 Å². The number of anilines is 1. The quantitative estimate of drug-likeness (QED) is 0.802. The minimum Gasteiger partial charge on any atom is -0.460 e. The van der Waals surface area contributed by atoms with Gasteiger partial charge in [0.2, 0.25) is 5.91 Å². The van der Waals surface area contributed by atoms with Crippen LogP contribution in [0.5, 0.6) is 0 Å². The third-order valence-corrected chi connectivity index (χ3v) is 3.75. The van der Waals surface area contributed by atoms with Gasteiger partial charge >= 0.3 is 5.97 Å². The number of halogens is 1. The number of nitrogens with zero attached hydrogens (tertiary/aromatic N) is 1. The molecule has 1 atom stereocenters. The Balaban J connectivity index is 0.00000312. The molecule has 25 heavy (non-hydrogen) atoms. The Bertz CT molecular complexity index is 707. The molecule has 6 heteroatoms. The zero-order valence-electron chi connectivity index (χ0n) is 14.3. The molecule has 0 spiro atoms. The summed E-state index contributed by atoms with van der Waals surface area (Å²) in [5, 5.41) is 0. The van der Waals surface area contributed by atoms with E-state index in [4.69, 9.17) is 10.5 Å². The first-order valence-corrected chi connectivity index (χ1v) is 7.76. The summed E-state index contributed by atoms with van der Waals surface area (Å²) in [5.41, 5.74) is 8.51. The van der Waals surface area contributed by atoms with Crippen molar-refractivity contribution in [2.45, 2.75) is 26.0 Å². The molecule has 5 nitrogen and oxygen atoms in total. The number of ether oxygens (including phenoxy) is 1. The lowest BCUT2D eigenvalue weighted by molar-refractivity contribution is -0.146. The molecule has 0 fully saturated rings. The lowest BCUT2D eigenvalue weighted by Gasteiger charge is -2.17. The van der Waals surface area contributed by atoms with E-state index >= 15 is 0 Å². The van der Waals surface area contributed by atoms with Gasteiger partial charge in [-0.25, -0.2) is 0 Å². The minimum atomic E-state index is -0.744. The van der Waals surface area contributed by atoms with Gasteiger partial charge in [0.1, 0.15) is 12.6 Å². The Labute approximate surface area is 154 Å². The highest BCUT2D eigenvalue weighted by Crippen LogP contribution is 2.16. The second-order valence-electron chi connectivity index (χ2n) is 5.65. The van der Waals surface area contributed by atoms with Crippen LogP contribution in [0.15, 0.2) is 54.6 Å². The van der Waals surface area contributed by atoms with Crippen molar-refractivity contribution >= 4 is 30.0 Å². The smallest absolute Gasteiger partial charge is 0.323 e. The molecule has 0 aliphatic rings. The Morgan fingerprint density at radius 2 is 1.72 bits per heavy atom. The Kier molecular flexibility index (Phi) is 8.11. The maximum Gasteiger partial charge on any atom is 0.323 e. The molecule has 134 valence electrons. The maximum atomic E-state index is 12.0. The van der Waals surface area contributed by atoms with E-state index in [0.29, 0.717) is 6.42 Å². The topological polar surface area (TPSA) is 72.6 Å². The Morgan fingerprint density at radius 1 is 1.08 bits per heavy atom. The number of benzene rings is 2. The zero-order valence-corrected chi connectivity index (χ0v) is 15.2. The first-order valence-electron chi connectivity index (χ1n) is 7.76. The van der Waals surface area contributed by atoms with E-state index in [1.807, 2.05) is 54.6 Å². The number of nitrogens with two attached hydrogens (primary N) is 1. The summed E-state index contributed by atoms with van der Waals surface area (Å²) in [7, 11) is 1.70. The summed E-state index contributed by atoms with van der Waals surface area (Å²) < 4.78 is 5.25. The fourth-order valence-electron chi connectivity index (χ4n) is 2.25. The molecule has 0 bridgehead atoms. The molecule has 2 rings (SSSR count). The SMILES string of the molecule is CC(=O)N(C)c1cccc(CC(N)C(=O)OCc2ccccc2)c1.Cl. The summed E-state index contributed by atoms with van der Waals surface area (Å²) in [5.74, 6) is -0.497. The predicted octanol–water partition coefficient (Wildman–Crippen LogP) is 2.70. The number of carbonyl (C=O) groups is 2. The average Bonchev–Trinajstić information content (AvgIpc) is 2.60. The highest BCUT2D eigenvalue weighted by Gasteiger charge is 2.16. The molecule has 0 saturated carbocycles. The van der Waals surface area contributed by atoms with Crippen molar-refractivity contribution in [3.8, 4) is 0 Å². The van der Waals surface area contributed by atoms with Gasteiger partial charge in [0, 0.05) is 19.7 Å². The average molecular weight is 363 g/mol. The van der Waals surface area contributed by atoms with Crippen molar-refractivity contribution in [2.24, 2.45) is 5.73 Å². The molecular formula is C19H23ClN2O3. The summed E-state index contributed by atoms with van der Waals surface area (Å²) in [4.78, 5) is 25.0. The molecule has 0 radical (unpaired) electrons. The van der Waals surface area contributed by atoms with Crippen LogP contribution < -0.4 is 10.6 Å². The second kappa shape index (κ2) is 9.81. The van der Waals surface area contributed by atoms with E-state index in [2.05, 4.69) is 0 Å². The first-order chi connectivity index (χ1) is 11.5. The minimum absolute atomic E-state index is 0. The van der Waals surface area contributed by atoms with Crippen molar-refractivity contribution in [2.75, 3.05) is 11.9 Å². The van der Waals surface area contributed by atoms with Crippen LogP contribution in [0.1, 0.15) is 18.1 Å². The maximum absolute atomic E-state index is 12.0. The standard InChI is InChI=1S/C19H22N2O3.ClH/c1-14(22)21(2)17-10-6-9-16(11-17)12-18(20)19(23)24-13-15-7-4-3-5-8-15;/h3-11,18H,12-13,20H2,1-2H3;1H. The summed E-state index contributed by atoms with van der Waals surface area (Å²) in [6.07, 6.45) is 0.354. The molecule has 1 amide bonds. The highest BCUT2D eigenvalue weighted by molar-refractivity contribution is 5.90. The van der Waals surface area contributed by atoms with Crippen LogP contribution in [-0.4, -0.2) is 25.0 Å². The van der Waals surface area contributed by atoms with Crippen molar-refractivity contribution in [1.82, 2.24) is 0 Å². The van der Waals surface area contributed by atoms with Gasteiger partial charge < -0.3 is 15.4 Å². The summed E-state index contributed by atoms with van der Waals surface area (Å²) >= 11 is 0. The third-order valence-electron chi connectivity index (χ3n) is 3.75. The van der Waals surface area contributed by atoms with Crippen molar-refractivity contribution in [3.63, 3.8) is 0 Å². The molecule has 2 aromatic rings. The van der Waals surface area contributed by atoms with Gasteiger partial charge in [-0.05, 0) is 29.7 Å². The molecule has 2 aromatic carbocycles. The van der Waals surface area contributed by atoms with E-state index in [1.165, 1.54) is 6.92 Å². The molecule has 0 saturated heterocycles. The fraction of sp³-hybridized carbons (Fsp3) is 0.263. The van der Waals surface area contributed by atoms with E-state index in [1.54, 1.807) is 11.9 Å². The molecule has 0 aliphatic heterocycles.